The summed E-state index contributed by atoms with van der Waals surface area (Å²) in [6, 6.07) is 4.93. The van der Waals surface area contributed by atoms with Crippen LogP contribution in [0, 0.1) is 5.92 Å². The average molecular weight is 330 g/mol. The Hall–Kier alpha value is -1.26. The Morgan fingerprint density at radius 3 is 2.71 bits per heavy atom. The summed E-state index contributed by atoms with van der Waals surface area (Å²) >= 11 is 11.9. The second-order valence-electron chi connectivity index (χ2n) is 5.29. The molecule has 0 heterocycles. The van der Waals surface area contributed by atoms with Gasteiger partial charge in [0.25, 0.3) is 0 Å². The van der Waals surface area contributed by atoms with Crippen molar-refractivity contribution in [1.29, 1.82) is 0 Å². The van der Waals surface area contributed by atoms with Gasteiger partial charge in [-0.05, 0) is 37.0 Å². The maximum atomic E-state index is 11.9. The minimum atomic E-state index is -0.835. The minimum Gasteiger partial charge on any atom is -0.481 e. The van der Waals surface area contributed by atoms with Gasteiger partial charge in [0.05, 0.1) is 5.92 Å². The van der Waals surface area contributed by atoms with E-state index in [1.807, 2.05) is 0 Å². The van der Waals surface area contributed by atoms with Crippen molar-refractivity contribution in [2.45, 2.75) is 38.1 Å². The molecule has 4 nitrogen and oxygen atoms in total. The maximum absolute atomic E-state index is 11.9. The molecule has 2 N–H and O–H groups in total. The third-order valence-corrected chi connectivity index (χ3v) is 4.40. The number of aliphatic carboxylic acids is 1. The van der Waals surface area contributed by atoms with E-state index in [2.05, 4.69) is 5.32 Å². The lowest BCUT2D eigenvalue weighted by Crippen LogP contribution is -2.40. The van der Waals surface area contributed by atoms with Crippen LogP contribution in [0.4, 0.5) is 0 Å². The number of rotatable bonds is 5. The van der Waals surface area contributed by atoms with Gasteiger partial charge in [0.1, 0.15) is 0 Å². The molecule has 0 spiro atoms. The highest BCUT2D eigenvalue weighted by atomic mass is 35.5. The molecule has 21 heavy (non-hydrogen) atoms. The van der Waals surface area contributed by atoms with Gasteiger partial charge in [-0.1, -0.05) is 35.7 Å². The van der Waals surface area contributed by atoms with Gasteiger partial charge in [0.15, 0.2) is 0 Å². The molecule has 0 aliphatic heterocycles. The molecular formula is C15H17Cl2NO3. The molecule has 1 aromatic rings. The number of nitrogens with one attached hydrogen (secondary N) is 1. The fourth-order valence-electron chi connectivity index (χ4n) is 2.68. The molecule has 1 aliphatic carbocycles. The van der Waals surface area contributed by atoms with Gasteiger partial charge in [-0.3, -0.25) is 9.59 Å². The van der Waals surface area contributed by atoms with Crippen molar-refractivity contribution in [2.75, 3.05) is 0 Å². The van der Waals surface area contributed by atoms with E-state index in [9.17, 15) is 9.59 Å². The van der Waals surface area contributed by atoms with Crippen molar-refractivity contribution in [3.8, 4) is 0 Å². The lowest BCUT2D eigenvalue weighted by molar-refractivity contribution is -0.142. The zero-order valence-corrected chi connectivity index (χ0v) is 13.0. The number of halogens is 2. The van der Waals surface area contributed by atoms with E-state index >= 15 is 0 Å². The number of carboxylic acid groups (broad SMARTS) is 1. The number of benzene rings is 1. The molecule has 0 aromatic heterocycles. The van der Waals surface area contributed by atoms with Gasteiger partial charge in [-0.2, -0.15) is 0 Å². The Kier molecular flexibility index (Phi) is 5.48. The Morgan fingerprint density at radius 1 is 1.29 bits per heavy atom. The minimum absolute atomic E-state index is 0.140. The summed E-state index contributed by atoms with van der Waals surface area (Å²) in [6.45, 7) is 0. The van der Waals surface area contributed by atoms with Crippen molar-refractivity contribution in [3.63, 3.8) is 0 Å². The normalized spacial score (nSPS) is 21.2. The SMILES string of the molecule is O=C(CCc1ccc(Cl)cc1Cl)NC1CCCC1C(=O)O. The first kappa shape index (κ1) is 16.1. The van der Waals surface area contributed by atoms with Crippen molar-refractivity contribution in [3.05, 3.63) is 33.8 Å². The lowest BCUT2D eigenvalue weighted by Gasteiger charge is -2.17. The van der Waals surface area contributed by atoms with Crippen LogP contribution in [0.2, 0.25) is 10.0 Å². The van der Waals surface area contributed by atoms with Gasteiger partial charge in [-0.15, -0.1) is 0 Å². The van der Waals surface area contributed by atoms with Gasteiger partial charge >= 0.3 is 5.97 Å². The van der Waals surface area contributed by atoms with Gasteiger partial charge in [0, 0.05) is 22.5 Å². The van der Waals surface area contributed by atoms with Crippen LogP contribution in [0.1, 0.15) is 31.2 Å². The number of carbonyl (C=O) groups excluding carboxylic acids is 1. The maximum Gasteiger partial charge on any atom is 0.308 e. The molecule has 2 atom stereocenters. The quantitative estimate of drug-likeness (QED) is 0.870. The molecule has 1 amide bonds. The Balaban J connectivity index is 1.86. The zero-order chi connectivity index (χ0) is 15.4. The van der Waals surface area contributed by atoms with E-state index in [0.29, 0.717) is 22.9 Å². The van der Waals surface area contributed by atoms with Crippen molar-refractivity contribution >= 4 is 35.1 Å². The van der Waals surface area contributed by atoms with Crippen molar-refractivity contribution in [2.24, 2.45) is 5.92 Å². The van der Waals surface area contributed by atoms with Gasteiger partial charge in [-0.25, -0.2) is 0 Å². The third-order valence-electron chi connectivity index (χ3n) is 3.82. The predicted octanol–water partition coefficient (Wildman–Crippen LogP) is 3.30. The monoisotopic (exact) mass is 329 g/mol. The van der Waals surface area contributed by atoms with E-state index in [0.717, 1.165) is 18.4 Å². The highest BCUT2D eigenvalue weighted by Crippen LogP contribution is 2.26. The topological polar surface area (TPSA) is 66.4 Å². The first-order chi connectivity index (χ1) is 9.97. The largest absolute Gasteiger partial charge is 0.481 e. The zero-order valence-electron chi connectivity index (χ0n) is 11.4. The molecule has 1 fully saturated rings. The van der Waals surface area contributed by atoms with E-state index in [-0.39, 0.29) is 18.4 Å². The average Bonchev–Trinajstić information content (AvgIpc) is 2.86. The molecule has 2 rings (SSSR count). The van der Waals surface area contributed by atoms with Crippen LogP contribution in [0.3, 0.4) is 0 Å². The van der Waals surface area contributed by atoms with Crippen LogP contribution in [0.5, 0.6) is 0 Å². The summed E-state index contributed by atoms with van der Waals surface area (Å²) in [5, 5.41) is 13.0. The lowest BCUT2D eigenvalue weighted by atomic mass is 10.0. The molecule has 0 saturated heterocycles. The summed E-state index contributed by atoms with van der Waals surface area (Å²) in [4.78, 5) is 23.0. The van der Waals surface area contributed by atoms with E-state index < -0.39 is 11.9 Å². The van der Waals surface area contributed by atoms with Crippen LogP contribution >= 0.6 is 23.2 Å². The molecule has 114 valence electrons. The Labute approximate surface area is 133 Å². The molecule has 6 heteroatoms. The number of amides is 1. The summed E-state index contributed by atoms with van der Waals surface area (Å²) in [6.07, 6.45) is 2.98. The smallest absolute Gasteiger partial charge is 0.308 e. The molecular weight excluding hydrogens is 313 g/mol. The first-order valence-corrected chi connectivity index (χ1v) is 7.69. The first-order valence-electron chi connectivity index (χ1n) is 6.93. The predicted molar refractivity (Wildman–Crippen MR) is 81.7 cm³/mol. The van der Waals surface area contributed by atoms with E-state index in [4.69, 9.17) is 28.3 Å². The van der Waals surface area contributed by atoms with Crippen LogP contribution in [0.25, 0.3) is 0 Å². The number of carboxylic acids is 1. The number of hydrogen-bond acceptors (Lipinski definition) is 2. The van der Waals surface area contributed by atoms with Gasteiger partial charge < -0.3 is 10.4 Å². The summed E-state index contributed by atoms with van der Waals surface area (Å²) in [5.74, 6) is -1.44. The molecule has 1 saturated carbocycles. The number of carbonyl (C=O) groups is 2. The Morgan fingerprint density at radius 2 is 2.05 bits per heavy atom. The second kappa shape index (κ2) is 7.14. The Bertz CT molecular complexity index is 548. The highest BCUT2D eigenvalue weighted by molar-refractivity contribution is 6.35. The summed E-state index contributed by atoms with van der Waals surface area (Å²) < 4.78 is 0. The fourth-order valence-corrected chi connectivity index (χ4v) is 3.18. The molecule has 1 aliphatic rings. The summed E-state index contributed by atoms with van der Waals surface area (Å²) in [5.41, 5.74) is 0.859. The molecule has 0 bridgehead atoms. The van der Waals surface area contributed by atoms with Crippen LogP contribution < -0.4 is 5.32 Å². The van der Waals surface area contributed by atoms with Crippen LogP contribution in [-0.2, 0) is 16.0 Å². The van der Waals surface area contributed by atoms with Gasteiger partial charge in [0.2, 0.25) is 5.91 Å². The third kappa shape index (κ3) is 4.35. The van der Waals surface area contributed by atoms with Crippen molar-refractivity contribution in [1.82, 2.24) is 5.32 Å². The van der Waals surface area contributed by atoms with E-state index in [1.165, 1.54) is 0 Å². The van der Waals surface area contributed by atoms with Crippen molar-refractivity contribution < 1.29 is 14.7 Å². The highest BCUT2D eigenvalue weighted by Gasteiger charge is 2.33. The van der Waals surface area contributed by atoms with E-state index in [1.54, 1.807) is 18.2 Å². The summed E-state index contributed by atoms with van der Waals surface area (Å²) in [7, 11) is 0. The number of aryl methyl sites for hydroxylation is 1. The van der Waals surface area contributed by atoms with Crippen LogP contribution in [-0.4, -0.2) is 23.0 Å². The molecule has 2 unspecified atom stereocenters. The van der Waals surface area contributed by atoms with Crippen LogP contribution in [0.15, 0.2) is 18.2 Å². The number of hydrogen-bond donors (Lipinski definition) is 2. The fraction of sp³-hybridized carbons (Fsp3) is 0.467. The molecule has 1 aromatic carbocycles. The molecule has 0 radical (unpaired) electrons. The second-order valence-corrected chi connectivity index (χ2v) is 6.13. The standard InChI is InChI=1S/C15H17Cl2NO3/c16-10-6-4-9(12(17)8-10)5-7-14(19)18-13-3-1-2-11(13)15(20)21/h4,6,8,11,13H,1-3,5,7H2,(H,18,19)(H,20,21).